The molecule has 5 nitrogen and oxygen atoms in total. The second-order valence-corrected chi connectivity index (χ2v) is 7.30. The highest BCUT2D eigenvalue weighted by molar-refractivity contribution is 5.90. The first-order valence-corrected chi connectivity index (χ1v) is 9.38. The number of carbonyl (C=O) groups is 1. The molecule has 0 fully saturated rings. The number of allylic oxidation sites excluding steroid dienone is 1. The summed E-state index contributed by atoms with van der Waals surface area (Å²) in [6.45, 7) is 4.18. The summed E-state index contributed by atoms with van der Waals surface area (Å²) in [5.41, 5.74) is 2.87. The van der Waals surface area contributed by atoms with Gasteiger partial charge in [-0.05, 0) is 69.1 Å². The van der Waals surface area contributed by atoms with Crippen LogP contribution in [0.5, 0.6) is 0 Å². The van der Waals surface area contributed by atoms with E-state index in [1.807, 2.05) is 19.1 Å². The molecule has 0 saturated carbocycles. The summed E-state index contributed by atoms with van der Waals surface area (Å²) in [7, 11) is 0. The topological polar surface area (TPSA) is 79.9 Å². The van der Waals surface area contributed by atoms with E-state index in [1.165, 1.54) is 11.6 Å². The Morgan fingerprint density at radius 3 is 2.85 bits per heavy atom. The molecule has 0 amide bonds. The zero-order chi connectivity index (χ0) is 18.9. The van der Waals surface area contributed by atoms with Crippen LogP contribution in [0.2, 0.25) is 0 Å². The highest BCUT2D eigenvalue weighted by Gasteiger charge is 2.22. The van der Waals surface area contributed by atoms with Crippen LogP contribution in [0.25, 0.3) is 0 Å². The van der Waals surface area contributed by atoms with Crippen molar-refractivity contribution in [1.82, 2.24) is 0 Å². The lowest BCUT2D eigenvalue weighted by molar-refractivity contribution is -0.151. The van der Waals surface area contributed by atoms with Crippen LogP contribution in [0.15, 0.2) is 46.3 Å². The molecule has 1 aliphatic heterocycles. The first kappa shape index (κ1) is 20.5. The molecule has 144 valence electrons. The molecule has 2 heterocycles. The van der Waals surface area contributed by atoms with Gasteiger partial charge in [-0.25, -0.2) is 4.79 Å². The van der Waals surface area contributed by atoms with Crippen LogP contribution < -0.4 is 0 Å². The quantitative estimate of drug-likeness (QED) is 0.461. The third-order valence-corrected chi connectivity index (χ3v) is 4.71. The minimum absolute atomic E-state index is 0.340. The zero-order valence-electron chi connectivity index (χ0n) is 15.7. The third kappa shape index (κ3) is 7.18. The summed E-state index contributed by atoms with van der Waals surface area (Å²) in [5, 5.41) is 19.5. The SMILES string of the molecule is C/C(=C\CCC1=CC(O)OC1=O)C[C@H](O)C[C@H](C)CCCc1ccoc1. The maximum absolute atomic E-state index is 11.4. The molecule has 1 aromatic rings. The summed E-state index contributed by atoms with van der Waals surface area (Å²) in [5.74, 6) is 0.0393. The minimum Gasteiger partial charge on any atom is -0.472 e. The van der Waals surface area contributed by atoms with E-state index in [4.69, 9.17) is 4.42 Å². The van der Waals surface area contributed by atoms with Gasteiger partial charge in [0, 0.05) is 5.57 Å². The predicted octanol–water partition coefficient (Wildman–Crippen LogP) is 3.91. The van der Waals surface area contributed by atoms with Gasteiger partial charge in [0.25, 0.3) is 0 Å². The molecule has 1 aromatic heterocycles. The van der Waals surface area contributed by atoms with Crippen molar-refractivity contribution in [3.05, 3.63) is 47.5 Å². The molecular formula is C21H30O5. The largest absolute Gasteiger partial charge is 0.472 e. The van der Waals surface area contributed by atoms with Crippen LogP contribution in [0.1, 0.15) is 57.9 Å². The number of carbonyl (C=O) groups excluding carboxylic acids is 1. The van der Waals surface area contributed by atoms with E-state index in [-0.39, 0.29) is 6.10 Å². The van der Waals surface area contributed by atoms with E-state index in [1.54, 1.807) is 12.5 Å². The molecule has 0 aromatic carbocycles. The molecule has 1 aliphatic rings. The molecular weight excluding hydrogens is 332 g/mol. The lowest BCUT2D eigenvalue weighted by Gasteiger charge is -2.16. The van der Waals surface area contributed by atoms with E-state index in [2.05, 4.69) is 11.7 Å². The minimum atomic E-state index is -1.10. The average molecular weight is 362 g/mol. The number of rotatable bonds is 11. The van der Waals surface area contributed by atoms with E-state index >= 15 is 0 Å². The van der Waals surface area contributed by atoms with E-state index in [9.17, 15) is 15.0 Å². The fourth-order valence-corrected chi connectivity index (χ4v) is 3.33. The molecule has 0 aliphatic carbocycles. The number of hydrogen-bond acceptors (Lipinski definition) is 5. The van der Waals surface area contributed by atoms with Crippen LogP contribution in [-0.4, -0.2) is 28.6 Å². The van der Waals surface area contributed by atoms with E-state index in [0.717, 1.165) is 31.3 Å². The average Bonchev–Trinajstić information content (AvgIpc) is 3.17. The molecule has 0 saturated heterocycles. The van der Waals surface area contributed by atoms with Gasteiger partial charge < -0.3 is 19.4 Å². The van der Waals surface area contributed by atoms with Crippen molar-refractivity contribution in [2.24, 2.45) is 5.92 Å². The van der Waals surface area contributed by atoms with Gasteiger partial charge in [-0.3, -0.25) is 0 Å². The Morgan fingerprint density at radius 2 is 2.19 bits per heavy atom. The smallest absolute Gasteiger partial charge is 0.336 e. The number of hydrogen-bond donors (Lipinski definition) is 2. The highest BCUT2D eigenvalue weighted by atomic mass is 16.6. The molecule has 3 atom stereocenters. The van der Waals surface area contributed by atoms with Crippen LogP contribution in [-0.2, 0) is 16.0 Å². The van der Waals surface area contributed by atoms with Crippen molar-refractivity contribution in [2.75, 3.05) is 0 Å². The Hall–Kier alpha value is -1.85. The standard InChI is InChI=1S/C21H30O5/c1-15(5-3-7-17-9-10-25-14-17)11-19(22)12-16(2)6-4-8-18-13-20(23)26-21(18)24/h6,9-10,13-15,19-20,22-23H,3-5,7-8,11-12H2,1-2H3/b16-6+/t15-,19-,20?/m1/s1. The Labute approximate surface area is 155 Å². The first-order chi connectivity index (χ1) is 12.4. The van der Waals surface area contributed by atoms with Crippen LogP contribution in [0.3, 0.4) is 0 Å². The Balaban J connectivity index is 1.61. The van der Waals surface area contributed by atoms with Gasteiger partial charge in [0.15, 0.2) is 0 Å². The number of aryl methyl sites for hydroxylation is 1. The fourth-order valence-electron chi connectivity index (χ4n) is 3.33. The van der Waals surface area contributed by atoms with Crippen molar-refractivity contribution in [2.45, 2.75) is 71.2 Å². The molecule has 26 heavy (non-hydrogen) atoms. The fraction of sp³-hybridized carbons (Fsp3) is 0.571. The zero-order valence-corrected chi connectivity index (χ0v) is 15.7. The Bertz CT molecular complexity index is 614. The van der Waals surface area contributed by atoms with Crippen molar-refractivity contribution in [1.29, 1.82) is 0 Å². The van der Waals surface area contributed by atoms with Gasteiger partial charge in [-0.2, -0.15) is 0 Å². The van der Waals surface area contributed by atoms with Crippen LogP contribution in [0, 0.1) is 5.92 Å². The Morgan fingerprint density at radius 1 is 1.38 bits per heavy atom. The normalized spacial score (nSPS) is 20.0. The second-order valence-electron chi connectivity index (χ2n) is 7.30. The van der Waals surface area contributed by atoms with Crippen LogP contribution >= 0.6 is 0 Å². The maximum atomic E-state index is 11.4. The summed E-state index contributed by atoms with van der Waals surface area (Å²) in [4.78, 5) is 11.4. The maximum Gasteiger partial charge on any atom is 0.336 e. The lowest BCUT2D eigenvalue weighted by atomic mass is 9.93. The molecule has 2 N–H and O–H groups in total. The summed E-state index contributed by atoms with van der Waals surface area (Å²) < 4.78 is 9.72. The van der Waals surface area contributed by atoms with E-state index < -0.39 is 12.3 Å². The monoisotopic (exact) mass is 362 g/mol. The Kier molecular flexibility index (Phi) is 8.13. The third-order valence-electron chi connectivity index (χ3n) is 4.71. The number of furan rings is 1. The molecule has 0 spiro atoms. The molecule has 0 radical (unpaired) electrons. The van der Waals surface area contributed by atoms with Crippen molar-refractivity contribution in [3.63, 3.8) is 0 Å². The summed E-state index contributed by atoms with van der Waals surface area (Å²) >= 11 is 0. The van der Waals surface area contributed by atoms with Crippen molar-refractivity contribution >= 4 is 5.97 Å². The second kappa shape index (κ2) is 10.3. The van der Waals surface area contributed by atoms with Gasteiger partial charge in [-0.15, -0.1) is 0 Å². The van der Waals surface area contributed by atoms with Gasteiger partial charge in [0.05, 0.1) is 18.6 Å². The number of esters is 1. The summed E-state index contributed by atoms with van der Waals surface area (Å²) in [6, 6.07) is 2.00. The van der Waals surface area contributed by atoms with Gasteiger partial charge >= 0.3 is 5.97 Å². The van der Waals surface area contributed by atoms with E-state index in [0.29, 0.717) is 30.8 Å². The lowest BCUT2D eigenvalue weighted by Crippen LogP contribution is -2.12. The van der Waals surface area contributed by atoms with Crippen LogP contribution in [0.4, 0.5) is 0 Å². The molecule has 1 unspecified atom stereocenters. The van der Waals surface area contributed by atoms with Crippen molar-refractivity contribution < 1.29 is 24.2 Å². The first-order valence-electron chi connectivity index (χ1n) is 9.38. The number of aliphatic hydroxyl groups excluding tert-OH is 2. The summed E-state index contributed by atoms with van der Waals surface area (Å²) in [6.07, 6.45) is 11.4. The number of aliphatic hydroxyl groups is 2. The van der Waals surface area contributed by atoms with Gasteiger partial charge in [-0.1, -0.05) is 25.0 Å². The predicted molar refractivity (Wildman–Crippen MR) is 99.2 cm³/mol. The number of cyclic esters (lactones) is 1. The van der Waals surface area contributed by atoms with Gasteiger partial charge in [0.1, 0.15) is 0 Å². The molecule has 0 bridgehead atoms. The van der Waals surface area contributed by atoms with Crippen molar-refractivity contribution in [3.8, 4) is 0 Å². The van der Waals surface area contributed by atoms with Gasteiger partial charge in [0.2, 0.25) is 6.29 Å². The highest BCUT2D eigenvalue weighted by Crippen LogP contribution is 2.21. The molecule has 2 rings (SSSR count). The number of ether oxygens (including phenoxy) is 1. The molecule has 5 heteroatoms.